The van der Waals surface area contributed by atoms with Gasteiger partial charge in [0.2, 0.25) is 6.41 Å². The standard InChI is InChI=1S/C26H24FN9O2/c1-16-11-17(3-6-23(16)38-18-4-5-22-20(12-18)32-33-34(22)2)30-25-24-21(28-14-29-25)13-19(27)26(31-24)36-9-7-35(15-37)8-10-36/h3-6,11-15H,7-10H2,1-2H3,(H,28,29,30). The Labute approximate surface area is 216 Å². The number of nitrogens with one attached hydrogen (secondary N) is 1. The Balaban J connectivity index is 1.25. The summed E-state index contributed by atoms with van der Waals surface area (Å²) in [7, 11) is 1.84. The number of piperazine rings is 1. The van der Waals surface area contributed by atoms with E-state index in [1.165, 1.54) is 12.4 Å². The number of benzene rings is 2. The predicted octanol–water partition coefficient (Wildman–Crippen LogP) is 3.57. The molecular formula is C26H24FN9O2. The predicted molar refractivity (Wildman–Crippen MR) is 140 cm³/mol. The van der Waals surface area contributed by atoms with Crippen molar-refractivity contribution in [2.24, 2.45) is 7.05 Å². The Morgan fingerprint density at radius 3 is 2.66 bits per heavy atom. The van der Waals surface area contributed by atoms with Gasteiger partial charge in [0.05, 0.1) is 11.0 Å². The molecule has 0 unspecified atom stereocenters. The zero-order valence-corrected chi connectivity index (χ0v) is 20.8. The number of carbonyl (C=O) groups is 1. The van der Waals surface area contributed by atoms with Crippen molar-refractivity contribution in [3.05, 3.63) is 60.2 Å². The van der Waals surface area contributed by atoms with Gasteiger partial charge in [-0.1, -0.05) is 5.21 Å². The lowest BCUT2D eigenvalue weighted by Gasteiger charge is -2.33. The quantitative estimate of drug-likeness (QED) is 0.340. The second-order valence-electron chi connectivity index (χ2n) is 9.08. The molecule has 1 amide bonds. The van der Waals surface area contributed by atoms with E-state index in [1.807, 2.05) is 55.3 Å². The molecule has 3 aromatic heterocycles. The third kappa shape index (κ3) is 4.40. The molecule has 0 aliphatic carbocycles. The van der Waals surface area contributed by atoms with Gasteiger partial charge >= 0.3 is 0 Å². The van der Waals surface area contributed by atoms with Crippen molar-refractivity contribution in [1.29, 1.82) is 0 Å². The van der Waals surface area contributed by atoms with Crippen LogP contribution in [0.2, 0.25) is 0 Å². The molecule has 11 nitrogen and oxygen atoms in total. The highest BCUT2D eigenvalue weighted by Gasteiger charge is 2.21. The minimum absolute atomic E-state index is 0.223. The maximum absolute atomic E-state index is 14.9. The fraction of sp³-hybridized carbons (Fsp3) is 0.231. The van der Waals surface area contributed by atoms with Crippen LogP contribution < -0.4 is 15.0 Å². The van der Waals surface area contributed by atoms with E-state index < -0.39 is 5.82 Å². The highest BCUT2D eigenvalue weighted by molar-refractivity contribution is 5.88. The lowest BCUT2D eigenvalue weighted by Crippen LogP contribution is -2.46. The molecule has 5 aromatic rings. The Hall–Kier alpha value is -4.87. The first-order valence-electron chi connectivity index (χ1n) is 12.1. The van der Waals surface area contributed by atoms with Gasteiger partial charge in [-0.2, -0.15) is 0 Å². The Morgan fingerprint density at radius 2 is 1.87 bits per heavy atom. The van der Waals surface area contributed by atoms with Gasteiger partial charge in [-0.3, -0.25) is 4.79 Å². The molecule has 0 bridgehead atoms. The Morgan fingerprint density at radius 1 is 1.03 bits per heavy atom. The van der Waals surface area contributed by atoms with Gasteiger partial charge in [0.15, 0.2) is 17.5 Å². The average molecular weight is 514 g/mol. The number of hydrogen-bond acceptors (Lipinski definition) is 9. The van der Waals surface area contributed by atoms with Crippen LogP contribution in [0.25, 0.3) is 22.1 Å². The summed E-state index contributed by atoms with van der Waals surface area (Å²) < 4.78 is 22.7. The van der Waals surface area contributed by atoms with Crippen LogP contribution in [-0.2, 0) is 11.8 Å². The summed E-state index contributed by atoms with van der Waals surface area (Å²) in [6, 6.07) is 12.7. The molecule has 0 radical (unpaired) electrons. The van der Waals surface area contributed by atoms with Crippen LogP contribution in [0.1, 0.15) is 5.56 Å². The number of halogens is 1. The van der Waals surface area contributed by atoms with Crippen LogP contribution in [0.3, 0.4) is 0 Å². The van der Waals surface area contributed by atoms with Gasteiger partial charge < -0.3 is 19.9 Å². The molecule has 0 atom stereocenters. The summed E-state index contributed by atoms with van der Waals surface area (Å²) in [4.78, 5) is 27.7. The van der Waals surface area contributed by atoms with E-state index in [4.69, 9.17) is 4.74 Å². The maximum atomic E-state index is 14.9. The van der Waals surface area contributed by atoms with Gasteiger partial charge in [-0.05, 0) is 42.8 Å². The number of ether oxygens (including phenoxy) is 1. The average Bonchev–Trinajstić information content (AvgIpc) is 3.30. The van der Waals surface area contributed by atoms with E-state index in [-0.39, 0.29) is 5.82 Å². The number of rotatable bonds is 6. The molecule has 192 valence electrons. The van der Waals surface area contributed by atoms with Gasteiger partial charge in [0, 0.05) is 51.0 Å². The van der Waals surface area contributed by atoms with E-state index in [1.54, 1.807) is 9.58 Å². The summed E-state index contributed by atoms with van der Waals surface area (Å²) in [5.41, 5.74) is 4.20. The van der Waals surface area contributed by atoms with Gasteiger partial charge in [-0.25, -0.2) is 24.0 Å². The molecule has 1 N–H and O–H groups in total. The number of aryl methyl sites for hydroxylation is 2. The van der Waals surface area contributed by atoms with Gasteiger partial charge in [-0.15, -0.1) is 5.10 Å². The first-order chi connectivity index (χ1) is 18.5. The third-order valence-corrected chi connectivity index (χ3v) is 6.56. The van der Waals surface area contributed by atoms with Crippen LogP contribution >= 0.6 is 0 Å². The largest absolute Gasteiger partial charge is 0.457 e. The second-order valence-corrected chi connectivity index (χ2v) is 9.08. The highest BCUT2D eigenvalue weighted by Crippen LogP contribution is 2.31. The minimum Gasteiger partial charge on any atom is -0.457 e. The molecule has 12 heteroatoms. The molecule has 1 fully saturated rings. The van der Waals surface area contributed by atoms with E-state index in [0.29, 0.717) is 54.5 Å². The fourth-order valence-electron chi connectivity index (χ4n) is 4.49. The van der Waals surface area contributed by atoms with Gasteiger partial charge in [0.1, 0.15) is 28.9 Å². The van der Waals surface area contributed by atoms with Gasteiger partial charge in [0.25, 0.3) is 0 Å². The molecule has 2 aromatic carbocycles. The number of hydrogen-bond donors (Lipinski definition) is 1. The molecule has 4 heterocycles. The normalized spacial score (nSPS) is 13.8. The first-order valence-corrected chi connectivity index (χ1v) is 12.1. The van der Waals surface area contributed by atoms with Crippen LogP contribution in [0.5, 0.6) is 11.5 Å². The van der Waals surface area contributed by atoms with E-state index in [0.717, 1.165) is 28.7 Å². The lowest BCUT2D eigenvalue weighted by molar-refractivity contribution is -0.118. The Bertz CT molecular complexity index is 1660. The second kappa shape index (κ2) is 9.54. The number of pyridine rings is 1. The van der Waals surface area contributed by atoms with Crippen molar-refractivity contribution < 1.29 is 13.9 Å². The summed E-state index contributed by atoms with van der Waals surface area (Å²) in [6.45, 7) is 3.97. The minimum atomic E-state index is -0.460. The summed E-state index contributed by atoms with van der Waals surface area (Å²) in [5.74, 6) is 1.59. The number of aromatic nitrogens is 6. The number of nitrogens with zero attached hydrogens (tertiary/aromatic N) is 8. The molecule has 6 rings (SSSR count). The first kappa shape index (κ1) is 23.5. The van der Waals surface area contributed by atoms with E-state index >= 15 is 0 Å². The van der Waals surface area contributed by atoms with Crippen molar-refractivity contribution in [1.82, 2.24) is 34.8 Å². The van der Waals surface area contributed by atoms with E-state index in [2.05, 4.69) is 30.6 Å². The zero-order chi connectivity index (χ0) is 26.2. The van der Waals surface area contributed by atoms with Crippen molar-refractivity contribution in [2.45, 2.75) is 6.92 Å². The van der Waals surface area contributed by atoms with Crippen LogP contribution in [0, 0.1) is 12.7 Å². The highest BCUT2D eigenvalue weighted by atomic mass is 19.1. The Kier molecular flexibility index (Phi) is 5.91. The molecule has 1 aliphatic heterocycles. The van der Waals surface area contributed by atoms with Crippen molar-refractivity contribution in [3.63, 3.8) is 0 Å². The molecule has 1 aliphatic rings. The van der Waals surface area contributed by atoms with Crippen LogP contribution in [0.4, 0.5) is 21.7 Å². The SMILES string of the molecule is Cc1cc(Nc2ncnc3cc(F)c(N4CCN(C=O)CC4)nc23)ccc1Oc1ccc2c(c1)nnn2C. The van der Waals surface area contributed by atoms with Crippen LogP contribution in [-0.4, -0.2) is 67.4 Å². The fourth-order valence-corrected chi connectivity index (χ4v) is 4.49. The number of carbonyl (C=O) groups excluding carboxylic acids is 1. The lowest BCUT2D eigenvalue weighted by atomic mass is 10.2. The molecule has 0 spiro atoms. The summed E-state index contributed by atoms with van der Waals surface area (Å²) >= 11 is 0. The molecule has 1 saturated heterocycles. The van der Waals surface area contributed by atoms with Crippen LogP contribution in [0.15, 0.2) is 48.8 Å². The number of anilines is 3. The van der Waals surface area contributed by atoms with E-state index in [9.17, 15) is 9.18 Å². The summed E-state index contributed by atoms with van der Waals surface area (Å²) in [6.07, 6.45) is 2.19. The maximum Gasteiger partial charge on any atom is 0.209 e. The molecular weight excluding hydrogens is 489 g/mol. The molecule has 38 heavy (non-hydrogen) atoms. The number of amides is 1. The third-order valence-electron chi connectivity index (χ3n) is 6.56. The zero-order valence-electron chi connectivity index (χ0n) is 20.8. The van der Waals surface area contributed by atoms with Crippen molar-refractivity contribution in [3.8, 4) is 11.5 Å². The summed E-state index contributed by atoms with van der Waals surface area (Å²) in [5, 5.41) is 11.5. The number of fused-ring (bicyclic) bond motifs is 2. The smallest absolute Gasteiger partial charge is 0.209 e. The van der Waals surface area contributed by atoms with Crippen molar-refractivity contribution >= 4 is 45.8 Å². The topological polar surface area (TPSA) is 114 Å². The monoisotopic (exact) mass is 513 g/mol. The van der Waals surface area contributed by atoms with Crippen molar-refractivity contribution in [2.75, 3.05) is 36.4 Å². The molecule has 0 saturated carbocycles.